The van der Waals surface area contributed by atoms with Crippen LogP contribution >= 0.6 is 0 Å². The fourth-order valence-corrected chi connectivity index (χ4v) is 1.22. The number of aromatic nitrogens is 1. The van der Waals surface area contributed by atoms with Crippen molar-refractivity contribution in [3.05, 3.63) is 24.0 Å². The first-order chi connectivity index (χ1) is 8.15. The van der Waals surface area contributed by atoms with Crippen molar-refractivity contribution in [3.8, 4) is 5.75 Å². The Morgan fingerprint density at radius 2 is 2.29 bits per heavy atom. The van der Waals surface area contributed by atoms with Gasteiger partial charge in [-0.05, 0) is 12.1 Å². The number of ketones is 1. The summed E-state index contributed by atoms with van der Waals surface area (Å²) in [4.78, 5) is 15.5. The molecule has 1 rings (SSSR count). The lowest BCUT2D eigenvalue weighted by molar-refractivity contribution is 0.0169. The second-order valence-corrected chi connectivity index (χ2v) is 3.19. The molecule has 0 aliphatic carbocycles. The van der Waals surface area contributed by atoms with Crippen LogP contribution in [-0.4, -0.2) is 37.5 Å². The molecular formula is C11H13F2NO3. The molecule has 0 radical (unpaired) electrons. The minimum atomic E-state index is -2.52. The van der Waals surface area contributed by atoms with E-state index in [1.165, 1.54) is 13.3 Å². The third-order valence-electron chi connectivity index (χ3n) is 1.97. The highest BCUT2D eigenvalue weighted by molar-refractivity contribution is 5.96. The summed E-state index contributed by atoms with van der Waals surface area (Å²) < 4.78 is 33.1. The first-order valence-corrected chi connectivity index (χ1v) is 5.03. The second-order valence-electron chi connectivity index (χ2n) is 3.19. The normalized spacial score (nSPS) is 10.6. The molecule has 1 aromatic rings. The quantitative estimate of drug-likeness (QED) is 0.544. The molecule has 1 aromatic heterocycles. The molecule has 0 bridgehead atoms. The number of halogens is 2. The molecule has 0 saturated carbocycles. The van der Waals surface area contributed by atoms with Crippen LogP contribution in [0.3, 0.4) is 0 Å². The summed E-state index contributed by atoms with van der Waals surface area (Å²) in [7, 11) is 1.43. The van der Waals surface area contributed by atoms with E-state index in [1.54, 1.807) is 12.1 Å². The molecule has 0 spiro atoms. The smallest absolute Gasteiger partial charge is 0.261 e. The van der Waals surface area contributed by atoms with E-state index >= 15 is 0 Å². The second kappa shape index (κ2) is 6.90. The number of methoxy groups -OCH3 is 1. The van der Waals surface area contributed by atoms with Crippen molar-refractivity contribution < 1.29 is 23.0 Å². The highest BCUT2D eigenvalue weighted by Gasteiger charge is 2.13. The van der Waals surface area contributed by atoms with Crippen LogP contribution in [0.25, 0.3) is 0 Å². The number of nitrogens with zero attached hydrogens (tertiary/aromatic N) is 1. The number of alkyl halides is 2. The van der Waals surface area contributed by atoms with Gasteiger partial charge in [-0.25, -0.2) is 13.8 Å². The van der Waals surface area contributed by atoms with Crippen LogP contribution in [0.4, 0.5) is 8.78 Å². The van der Waals surface area contributed by atoms with Gasteiger partial charge < -0.3 is 9.47 Å². The van der Waals surface area contributed by atoms with E-state index in [1.807, 2.05) is 0 Å². The van der Waals surface area contributed by atoms with Gasteiger partial charge >= 0.3 is 0 Å². The van der Waals surface area contributed by atoms with Gasteiger partial charge in [-0.1, -0.05) is 0 Å². The van der Waals surface area contributed by atoms with Crippen molar-refractivity contribution in [2.45, 2.75) is 12.8 Å². The molecule has 17 heavy (non-hydrogen) atoms. The van der Waals surface area contributed by atoms with E-state index < -0.39 is 13.0 Å². The molecular weight excluding hydrogens is 232 g/mol. The number of pyridine rings is 1. The van der Waals surface area contributed by atoms with Gasteiger partial charge in [0.25, 0.3) is 6.43 Å². The molecule has 4 nitrogen and oxygen atoms in total. The Labute approximate surface area is 97.6 Å². The predicted octanol–water partition coefficient (Wildman–Crippen LogP) is 1.94. The number of hydrogen-bond acceptors (Lipinski definition) is 4. The maximum Gasteiger partial charge on any atom is 0.261 e. The van der Waals surface area contributed by atoms with Gasteiger partial charge in [0, 0.05) is 12.6 Å². The maximum atomic E-state index is 11.8. The Balaban J connectivity index is 2.47. The zero-order valence-corrected chi connectivity index (χ0v) is 9.36. The van der Waals surface area contributed by atoms with Crippen molar-refractivity contribution in [1.29, 1.82) is 0 Å². The van der Waals surface area contributed by atoms with Gasteiger partial charge in [-0.3, -0.25) is 4.79 Å². The van der Waals surface area contributed by atoms with Crippen molar-refractivity contribution in [2.75, 3.05) is 20.3 Å². The molecule has 6 heteroatoms. The molecule has 0 N–H and O–H groups in total. The van der Waals surface area contributed by atoms with E-state index in [9.17, 15) is 13.6 Å². The third kappa shape index (κ3) is 4.44. The van der Waals surface area contributed by atoms with E-state index in [0.717, 1.165) is 0 Å². The summed E-state index contributed by atoms with van der Waals surface area (Å²) in [5.41, 5.74) is 0.190. The molecule has 0 unspecified atom stereocenters. The van der Waals surface area contributed by atoms with Crippen LogP contribution in [0.1, 0.15) is 16.9 Å². The zero-order valence-electron chi connectivity index (χ0n) is 9.36. The standard InChI is InChI=1S/C11H13F2NO3/c1-16-9-3-2-5-14-11(9)8(15)4-6-17-7-10(12)13/h2-3,5,10H,4,6-7H2,1H3. The molecule has 0 atom stereocenters. The molecule has 0 saturated heterocycles. The van der Waals surface area contributed by atoms with Crippen LogP contribution < -0.4 is 4.74 Å². The predicted molar refractivity (Wildman–Crippen MR) is 56.6 cm³/mol. The van der Waals surface area contributed by atoms with Crippen LogP contribution in [0.15, 0.2) is 18.3 Å². The fraction of sp³-hybridized carbons (Fsp3) is 0.455. The van der Waals surface area contributed by atoms with Gasteiger partial charge in [-0.15, -0.1) is 0 Å². The number of rotatable bonds is 7. The van der Waals surface area contributed by atoms with E-state index in [2.05, 4.69) is 9.72 Å². The summed E-state index contributed by atoms with van der Waals surface area (Å²) in [6.45, 7) is -0.713. The largest absolute Gasteiger partial charge is 0.494 e. The number of ether oxygens (including phenoxy) is 2. The molecule has 94 valence electrons. The molecule has 0 fully saturated rings. The number of hydrogen-bond donors (Lipinski definition) is 0. The lowest BCUT2D eigenvalue weighted by Gasteiger charge is -2.06. The maximum absolute atomic E-state index is 11.8. The van der Waals surface area contributed by atoms with Crippen LogP contribution in [0, 0.1) is 0 Å². The SMILES string of the molecule is COc1cccnc1C(=O)CCOCC(F)F. The monoisotopic (exact) mass is 245 g/mol. The van der Waals surface area contributed by atoms with Gasteiger partial charge in [0.05, 0.1) is 13.7 Å². The van der Waals surface area contributed by atoms with E-state index in [0.29, 0.717) is 5.75 Å². The van der Waals surface area contributed by atoms with Crippen LogP contribution in [-0.2, 0) is 4.74 Å². The average Bonchev–Trinajstić information content (AvgIpc) is 2.34. The minimum absolute atomic E-state index is 0.0000926. The Bertz CT molecular complexity index is 371. The average molecular weight is 245 g/mol. The lowest BCUT2D eigenvalue weighted by Crippen LogP contribution is -2.11. The summed E-state index contributed by atoms with van der Waals surface area (Å²) in [6.07, 6.45) is -1.05. The zero-order chi connectivity index (χ0) is 12.7. The summed E-state index contributed by atoms with van der Waals surface area (Å²) in [6, 6.07) is 3.25. The van der Waals surface area contributed by atoms with Gasteiger partial charge in [-0.2, -0.15) is 0 Å². The highest BCUT2D eigenvalue weighted by Crippen LogP contribution is 2.16. The lowest BCUT2D eigenvalue weighted by atomic mass is 10.2. The van der Waals surface area contributed by atoms with Crippen molar-refractivity contribution in [2.24, 2.45) is 0 Å². The molecule has 0 amide bonds. The van der Waals surface area contributed by atoms with Crippen molar-refractivity contribution in [1.82, 2.24) is 4.98 Å². The minimum Gasteiger partial charge on any atom is -0.494 e. The van der Waals surface area contributed by atoms with Gasteiger partial charge in [0.15, 0.2) is 5.78 Å². The summed E-state index contributed by atoms with van der Waals surface area (Å²) in [5.74, 6) is 0.0723. The number of carbonyl (C=O) groups is 1. The highest BCUT2D eigenvalue weighted by atomic mass is 19.3. The third-order valence-corrected chi connectivity index (χ3v) is 1.97. The molecule has 0 aliphatic rings. The first-order valence-electron chi connectivity index (χ1n) is 5.03. The Morgan fingerprint density at radius 3 is 2.94 bits per heavy atom. The first kappa shape index (κ1) is 13.5. The van der Waals surface area contributed by atoms with E-state index in [-0.39, 0.29) is 24.5 Å². The summed E-state index contributed by atoms with van der Waals surface area (Å²) >= 11 is 0. The number of carbonyl (C=O) groups excluding carboxylic acids is 1. The van der Waals surface area contributed by atoms with Gasteiger partial charge in [0.1, 0.15) is 18.1 Å². The van der Waals surface area contributed by atoms with Gasteiger partial charge in [0.2, 0.25) is 0 Å². The molecule has 1 heterocycles. The Morgan fingerprint density at radius 1 is 1.53 bits per heavy atom. The number of Topliss-reactive ketones (excluding diaryl/α,β-unsaturated/α-hetero) is 1. The van der Waals surface area contributed by atoms with Crippen molar-refractivity contribution in [3.63, 3.8) is 0 Å². The molecule has 0 aromatic carbocycles. The fourth-order valence-electron chi connectivity index (χ4n) is 1.22. The molecule has 0 aliphatic heterocycles. The van der Waals surface area contributed by atoms with E-state index in [4.69, 9.17) is 4.74 Å². The summed E-state index contributed by atoms with van der Waals surface area (Å²) in [5, 5.41) is 0. The Hall–Kier alpha value is -1.56. The topological polar surface area (TPSA) is 48.4 Å². The van der Waals surface area contributed by atoms with Crippen LogP contribution in [0.5, 0.6) is 5.75 Å². The van der Waals surface area contributed by atoms with Crippen molar-refractivity contribution >= 4 is 5.78 Å². The van der Waals surface area contributed by atoms with Crippen LogP contribution in [0.2, 0.25) is 0 Å². The Kier molecular flexibility index (Phi) is 5.48.